The molecular formula is C25H42N2O2. The predicted molar refractivity (Wildman–Crippen MR) is 124 cm³/mol. The van der Waals surface area contributed by atoms with E-state index >= 15 is 0 Å². The Labute approximate surface area is 178 Å². The molecule has 0 amide bonds. The van der Waals surface area contributed by atoms with Crippen molar-refractivity contribution in [1.82, 2.24) is 9.80 Å². The molecule has 1 unspecified atom stereocenters. The minimum Gasteiger partial charge on any atom is -0.396 e. The molecule has 4 nitrogen and oxygen atoms in total. The van der Waals surface area contributed by atoms with Crippen LogP contribution in [0, 0.1) is 5.92 Å². The van der Waals surface area contributed by atoms with Gasteiger partial charge in [-0.15, -0.1) is 0 Å². The molecule has 1 aliphatic carbocycles. The Balaban J connectivity index is 3.45. The molecule has 0 saturated carbocycles. The van der Waals surface area contributed by atoms with Crippen molar-refractivity contribution in [2.75, 3.05) is 33.8 Å². The molecule has 0 radical (unpaired) electrons. The fourth-order valence-corrected chi connectivity index (χ4v) is 3.70. The van der Waals surface area contributed by atoms with Gasteiger partial charge in [0.15, 0.2) is 0 Å². The number of nitrogens with zero attached hydrogens (tertiary/aromatic N) is 2. The van der Waals surface area contributed by atoms with Gasteiger partial charge in [-0.25, -0.2) is 0 Å². The van der Waals surface area contributed by atoms with E-state index in [0.29, 0.717) is 31.0 Å². The minimum absolute atomic E-state index is 0.146. The van der Waals surface area contributed by atoms with E-state index < -0.39 is 0 Å². The second-order valence-electron chi connectivity index (χ2n) is 8.36. The van der Waals surface area contributed by atoms with Gasteiger partial charge in [0.05, 0.1) is 0 Å². The second-order valence-corrected chi connectivity index (χ2v) is 8.36. The van der Waals surface area contributed by atoms with Crippen molar-refractivity contribution in [3.8, 4) is 0 Å². The molecule has 4 heteroatoms. The summed E-state index contributed by atoms with van der Waals surface area (Å²) in [5, 5.41) is 9.46. The highest BCUT2D eigenvalue weighted by atomic mass is 16.2. The molecule has 164 valence electrons. The fraction of sp³-hybridized carbons (Fsp3) is 0.640. The van der Waals surface area contributed by atoms with Crippen molar-refractivity contribution in [3.63, 3.8) is 0 Å². The number of aliphatic hydroxyl groups is 1. The molecule has 0 heterocycles. The normalized spacial score (nSPS) is 23.0. The molecule has 1 atom stereocenters. The van der Waals surface area contributed by atoms with E-state index in [-0.39, 0.29) is 6.61 Å². The Morgan fingerprint density at radius 2 is 2.00 bits per heavy atom. The highest BCUT2D eigenvalue weighted by molar-refractivity contribution is 5.80. The summed E-state index contributed by atoms with van der Waals surface area (Å²) in [5.41, 5.74) is 4.96. The molecule has 1 rings (SSSR count). The first-order chi connectivity index (χ1) is 13.8. The Hall–Kier alpha value is -1.65. The van der Waals surface area contributed by atoms with Crippen LogP contribution in [0.5, 0.6) is 0 Å². The standard InChI is InChI=1S/C25H42N2O2/c1-7-11-21(3)24(14-9-19-28)27(18-10-17-26(5)6)25-13-8-12-23(29)16-15-20(2)22(25)4/h8,11,13-14,20,28H,7,9-10,12,15-19H2,1-6H3/b13-8-,21-11-,24-14+,25-22+. The zero-order valence-corrected chi connectivity index (χ0v) is 19.5. The van der Waals surface area contributed by atoms with Gasteiger partial charge < -0.3 is 14.9 Å². The van der Waals surface area contributed by atoms with Gasteiger partial charge in [0.2, 0.25) is 0 Å². The molecule has 0 aromatic rings. The van der Waals surface area contributed by atoms with E-state index in [1.807, 2.05) is 6.08 Å². The van der Waals surface area contributed by atoms with Crippen molar-refractivity contribution in [1.29, 1.82) is 0 Å². The molecule has 1 aliphatic rings. The number of aliphatic hydroxyl groups excluding tert-OH is 1. The lowest BCUT2D eigenvalue weighted by molar-refractivity contribution is -0.118. The SMILES string of the molecule is CC/C=C(C)\C(=C/CCO)N(CCCN(C)C)C1=C(\C)C(C)CCC(=O)C/C=C\1. The summed E-state index contributed by atoms with van der Waals surface area (Å²) in [4.78, 5) is 16.7. The topological polar surface area (TPSA) is 43.8 Å². The summed E-state index contributed by atoms with van der Waals surface area (Å²) >= 11 is 0. The maximum Gasteiger partial charge on any atom is 0.136 e. The van der Waals surface area contributed by atoms with Crippen LogP contribution in [-0.4, -0.2) is 54.5 Å². The molecule has 0 aromatic carbocycles. The third-order valence-electron chi connectivity index (χ3n) is 5.57. The van der Waals surface area contributed by atoms with Gasteiger partial charge in [-0.05, 0) is 83.3 Å². The van der Waals surface area contributed by atoms with E-state index in [9.17, 15) is 9.90 Å². The highest BCUT2D eigenvalue weighted by Gasteiger charge is 2.20. The van der Waals surface area contributed by atoms with Crippen LogP contribution >= 0.6 is 0 Å². The van der Waals surface area contributed by atoms with Crippen molar-refractivity contribution in [2.24, 2.45) is 5.92 Å². The van der Waals surface area contributed by atoms with Gasteiger partial charge in [0, 0.05) is 37.4 Å². The van der Waals surface area contributed by atoms with Crippen LogP contribution < -0.4 is 0 Å². The molecule has 0 fully saturated rings. The Bertz CT molecular complexity index is 641. The smallest absolute Gasteiger partial charge is 0.136 e. The number of carbonyl (C=O) groups excluding carboxylic acids is 1. The first-order valence-corrected chi connectivity index (χ1v) is 11.1. The molecule has 0 saturated heterocycles. The average molecular weight is 403 g/mol. The number of ketones is 1. The Morgan fingerprint density at radius 3 is 2.62 bits per heavy atom. The number of Topliss-reactive ketones (excluding diaryl/α,β-unsaturated/α-hetero) is 1. The maximum absolute atomic E-state index is 12.1. The predicted octanol–water partition coefficient (Wildman–Crippen LogP) is 5.08. The summed E-state index contributed by atoms with van der Waals surface area (Å²) in [6.07, 6.45) is 13.3. The summed E-state index contributed by atoms with van der Waals surface area (Å²) in [7, 11) is 4.21. The van der Waals surface area contributed by atoms with E-state index in [1.54, 1.807) is 0 Å². The molecule has 0 aromatic heterocycles. The number of hydrogen-bond donors (Lipinski definition) is 1. The van der Waals surface area contributed by atoms with Crippen LogP contribution in [0.25, 0.3) is 0 Å². The zero-order valence-electron chi connectivity index (χ0n) is 19.5. The molecule has 0 aliphatic heterocycles. The quantitative estimate of drug-likeness (QED) is 0.517. The van der Waals surface area contributed by atoms with Gasteiger partial charge in [-0.3, -0.25) is 4.79 Å². The van der Waals surface area contributed by atoms with Crippen LogP contribution in [0.3, 0.4) is 0 Å². The third-order valence-corrected chi connectivity index (χ3v) is 5.57. The van der Waals surface area contributed by atoms with Gasteiger partial charge >= 0.3 is 0 Å². The van der Waals surface area contributed by atoms with Crippen LogP contribution in [-0.2, 0) is 4.79 Å². The number of carbonyl (C=O) groups is 1. The Morgan fingerprint density at radius 1 is 1.28 bits per heavy atom. The average Bonchev–Trinajstić information content (AvgIpc) is 2.73. The Kier molecular flexibility index (Phi) is 11.9. The van der Waals surface area contributed by atoms with E-state index in [2.05, 4.69) is 69.8 Å². The second kappa shape index (κ2) is 13.6. The zero-order chi connectivity index (χ0) is 21.8. The number of hydrogen-bond acceptors (Lipinski definition) is 4. The lowest BCUT2D eigenvalue weighted by Gasteiger charge is -2.32. The van der Waals surface area contributed by atoms with Crippen molar-refractivity contribution in [3.05, 3.63) is 46.8 Å². The van der Waals surface area contributed by atoms with Crippen molar-refractivity contribution in [2.45, 2.75) is 66.2 Å². The monoisotopic (exact) mass is 402 g/mol. The van der Waals surface area contributed by atoms with Crippen LogP contribution in [0.1, 0.15) is 66.2 Å². The van der Waals surface area contributed by atoms with E-state index in [4.69, 9.17) is 0 Å². The van der Waals surface area contributed by atoms with Crippen LogP contribution in [0.4, 0.5) is 0 Å². The van der Waals surface area contributed by atoms with Crippen molar-refractivity contribution >= 4 is 5.78 Å². The van der Waals surface area contributed by atoms with Gasteiger partial charge in [-0.1, -0.05) is 32.1 Å². The first kappa shape index (κ1) is 25.4. The molecular weight excluding hydrogens is 360 g/mol. The lowest BCUT2D eigenvalue weighted by Crippen LogP contribution is -2.28. The van der Waals surface area contributed by atoms with Crippen molar-refractivity contribution < 1.29 is 9.90 Å². The minimum atomic E-state index is 0.146. The highest BCUT2D eigenvalue weighted by Crippen LogP contribution is 2.30. The molecule has 0 bridgehead atoms. The largest absolute Gasteiger partial charge is 0.396 e. The number of rotatable bonds is 10. The van der Waals surface area contributed by atoms with E-state index in [0.717, 1.165) is 32.4 Å². The summed E-state index contributed by atoms with van der Waals surface area (Å²) in [6, 6.07) is 0. The van der Waals surface area contributed by atoms with E-state index in [1.165, 1.54) is 22.5 Å². The maximum atomic E-state index is 12.1. The van der Waals surface area contributed by atoms with Gasteiger partial charge in [0.1, 0.15) is 5.78 Å². The molecule has 1 N–H and O–H groups in total. The third kappa shape index (κ3) is 8.71. The first-order valence-electron chi connectivity index (χ1n) is 11.1. The van der Waals surface area contributed by atoms with Crippen LogP contribution in [0.15, 0.2) is 46.8 Å². The summed E-state index contributed by atoms with van der Waals surface area (Å²) in [5.74, 6) is 0.682. The summed E-state index contributed by atoms with van der Waals surface area (Å²) < 4.78 is 0. The van der Waals surface area contributed by atoms with Crippen LogP contribution in [0.2, 0.25) is 0 Å². The fourth-order valence-electron chi connectivity index (χ4n) is 3.70. The summed E-state index contributed by atoms with van der Waals surface area (Å²) in [6.45, 7) is 10.8. The number of allylic oxidation sites excluding steroid dienone is 5. The lowest BCUT2D eigenvalue weighted by atomic mass is 9.94. The van der Waals surface area contributed by atoms with Gasteiger partial charge in [-0.2, -0.15) is 0 Å². The molecule has 0 spiro atoms. The van der Waals surface area contributed by atoms with Gasteiger partial charge in [0.25, 0.3) is 0 Å². The molecule has 29 heavy (non-hydrogen) atoms.